The first kappa shape index (κ1) is 17.1. The summed E-state index contributed by atoms with van der Waals surface area (Å²) in [5.74, 6) is -0.371. The minimum atomic E-state index is -0.140. The molecule has 6 nitrogen and oxygen atoms in total. The topological polar surface area (TPSA) is 78.5 Å². The molecule has 1 rings (SSSR count). The monoisotopic (exact) mass is 301 g/mol. The standard InChI is InChI=1S/C13H24N3O3P/c1-3-20(4-2)10-14-9-11(17)15-7-8-16-12(18)5-6-13(16)19/h14H,3-10H2,1-2H3,(H,15,17). The Morgan fingerprint density at radius 2 is 1.80 bits per heavy atom. The molecule has 0 atom stereocenters. The van der Waals surface area contributed by atoms with Crippen molar-refractivity contribution in [2.24, 2.45) is 0 Å². The lowest BCUT2D eigenvalue weighted by Crippen LogP contribution is -2.40. The molecule has 1 saturated heterocycles. The van der Waals surface area contributed by atoms with Crippen LogP contribution in [-0.2, 0) is 14.4 Å². The van der Waals surface area contributed by atoms with Gasteiger partial charge < -0.3 is 10.6 Å². The fraction of sp³-hybridized carbons (Fsp3) is 0.769. The number of rotatable bonds is 9. The van der Waals surface area contributed by atoms with Crippen LogP contribution < -0.4 is 10.6 Å². The molecule has 1 heterocycles. The second kappa shape index (κ2) is 9.03. The lowest BCUT2D eigenvalue weighted by Gasteiger charge is -2.15. The minimum absolute atomic E-state index is 0.00773. The van der Waals surface area contributed by atoms with Crippen LogP contribution in [0.4, 0.5) is 0 Å². The Balaban J connectivity index is 2.11. The number of likely N-dealkylation sites (tertiary alicyclic amines) is 1. The second-order valence-corrected chi connectivity index (χ2v) is 7.60. The third-order valence-electron chi connectivity index (χ3n) is 3.33. The van der Waals surface area contributed by atoms with Gasteiger partial charge in [-0.2, -0.15) is 0 Å². The molecule has 1 aliphatic heterocycles. The molecule has 0 spiro atoms. The summed E-state index contributed by atoms with van der Waals surface area (Å²) in [5, 5.41) is 5.87. The maximum Gasteiger partial charge on any atom is 0.234 e. The molecule has 0 aromatic carbocycles. The summed E-state index contributed by atoms with van der Waals surface area (Å²) in [5.41, 5.74) is 0. The van der Waals surface area contributed by atoms with Crippen LogP contribution in [0, 0.1) is 0 Å². The van der Waals surface area contributed by atoms with Gasteiger partial charge in [-0.25, -0.2) is 0 Å². The van der Waals surface area contributed by atoms with E-state index in [0.717, 1.165) is 6.29 Å². The number of hydrogen-bond acceptors (Lipinski definition) is 4. The maximum absolute atomic E-state index is 11.6. The van der Waals surface area contributed by atoms with Gasteiger partial charge in [0.1, 0.15) is 0 Å². The molecule has 20 heavy (non-hydrogen) atoms. The van der Waals surface area contributed by atoms with Gasteiger partial charge in [-0.15, -0.1) is 0 Å². The lowest BCUT2D eigenvalue weighted by atomic mass is 10.4. The summed E-state index contributed by atoms with van der Waals surface area (Å²) in [6.45, 7) is 5.23. The molecule has 0 radical (unpaired) electrons. The predicted molar refractivity (Wildman–Crippen MR) is 79.8 cm³/mol. The number of imide groups is 1. The van der Waals surface area contributed by atoms with E-state index in [1.807, 2.05) is 0 Å². The van der Waals surface area contributed by atoms with E-state index in [4.69, 9.17) is 0 Å². The van der Waals surface area contributed by atoms with Crippen LogP contribution in [0.15, 0.2) is 0 Å². The number of carbonyl (C=O) groups excluding carboxylic acids is 3. The normalized spacial score (nSPS) is 15.2. The fourth-order valence-electron chi connectivity index (χ4n) is 2.02. The van der Waals surface area contributed by atoms with Crippen molar-refractivity contribution in [2.75, 3.05) is 38.2 Å². The van der Waals surface area contributed by atoms with E-state index in [0.29, 0.717) is 25.9 Å². The number of carbonyl (C=O) groups is 3. The van der Waals surface area contributed by atoms with E-state index < -0.39 is 0 Å². The Hall–Kier alpha value is -1.00. The van der Waals surface area contributed by atoms with Crippen LogP contribution in [0.2, 0.25) is 0 Å². The third-order valence-corrected chi connectivity index (χ3v) is 5.79. The molecule has 0 unspecified atom stereocenters. The first-order valence-electron chi connectivity index (χ1n) is 7.11. The van der Waals surface area contributed by atoms with Gasteiger partial charge in [0.15, 0.2) is 0 Å². The highest BCUT2D eigenvalue weighted by Gasteiger charge is 2.28. The molecule has 1 aliphatic rings. The zero-order valence-corrected chi connectivity index (χ0v) is 13.2. The first-order chi connectivity index (χ1) is 9.58. The Morgan fingerprint density at radius 3 is 2.35 bits per heavy atom. The SMILES string of the molecule is CCP(CC)CNCC(=O)NCCN1C(=O)CCC1=O. The smallest absolute Gasteiger partial charge is 0.234 e. The van der Waals surface area contributed by atoms with Gasteiger partial charge in [0.05, 0.1) is 6.54 Å². The highest BCUT2D eigenvalue weighted by Crippen LogP contribution is 2.31. The number of nitrogens with zero attached hydrogens (tertiary/aromatic N) is 1. The predicted octanol–water partition coefficient (Wildman–Crippen LogP) is 0.320. The van der Waals surface area contributed by atoms with Crippen LogP contribution in [0.1, 0.15) is 26.7 Å². The van der Waals surface area contributed by atoms with E-state index in [1.165, 1.54) is 17.2 Å². The van der Waals surface area contributed by atoms with Crippen LogP contribution in [-0.4, -0.2) is 60.9 Å². The van der Waals surface area contributed by atoms with Crippen LogP contribution in [0.3, 0.4) is 0 Å². The highest BCUT2D eigenvalue weighted by molar-refractivity contribution is 7.57. The summed E-state index contributed by atoms with van der Waals surface area (Å²) in [6, 6.07) is 0. The highest BCUT2D eigenvalue weighted by atomic mass is 31.1. The maximum atomic E-state index is 11.6. The minimum Gasteiger partial charge on any atom is -0.353 e. The number of hydrogen-bond donors (Lipinski definition) is 2. The Morgan fingerprint density at radius 1 is 1.20 bits per heavy atom. The van der Waals surface area contributed by atoms with Crippen molar-refractivity contribution in [3.05, 3.63) is 0 Å². The van der Waals surface area contributed by atoms with Crippen molar-refractivity contribution < 1.29 is 14.4 Å². The molecule has 0 aromatic rings. The summed E-state index contributed by atoms with van der Waals surface area (Å²) in [4.78, 5) is 35.5. The number of nitrogens with one attached hydrogen (secondary N) is 2. The quantitative estimate of drug-likeness (QED) is 0.475. The van der Waals surface area contributed by atoms with Crippen LogP contribution in [0.25, 0.3) is 0 Å². The van der Waals surface area contributed by atoms with E-state index in [9.17, 15) is 14.4 Å². The van der Waals surface area contributed by atoms with Gasteiger partial charge in [0.25, 0.3) is 0 Å². The first-order valence-corrected chi connectivity index (χ1v) is 9.01. The second-order valence-electron chi connectivity index (χ2n) is 4.68. The molecule has 1 fully saturated rings. The van der Waals surface area contributed by atoms with E-state index >= 15 is 0 Å². The Bertz CT molecular complexity index is 343. The largest absolute Gasteiger partial charge is 0.353 e. The molecule has 7 heteroatoms. The molecule has 114 valence electrons. The summed E-state index contributed by atoms with van der Waals surface area (Å²) in [6.07, 6.45) is 3.83. The van der Waals surface area contributed by atoms with Crippen molar-refractivity contribution in [1.29, 1.82) is 0 Å². The zero-order chi connectivity index (χ0) is 15.0. The lowest BCUT2D eigenvalue weighted by molar-refractivity contribution is -0.138. The van der Waals surface area contributed by atoms with Crippen molar-refractivity contribution in [3.8, 4) is 0 Å². The summed E-state index contributed by atoms with van der Waals surface area (Å²) >= 11 is 0. The van der Waals surface area contributed by atoms with Gasteiger partial charge >= 0.3 is 0 Å². The molecule has 0 aromatic heterocycles. The molecule has 0 aliphatic carbocycles. The zero-order valence-electron chi connectivity index (χ0n) is 12.3. The Kier molecular flexibility index (Phi) is 7.70. The van der Waals surface area contributed by atoms with Crippen molar-refractivity contribution in [1.82, 2.24) is 15.5 Å². The van der Waals surface area contributed by atoms with Gasteiger partial charge in [-0.05, 0) is 12.3 Å². The third kappa shape index (κ3) is 5.55. The van der Waals surface area contributed by atoms with Crippen LogP contribution in [0.5, 0.6) is 0 Å². The van der Waals surface area contributed by atoms with Crippen molar-refractivity contribution >= 4 is 25.6 Å². The molecule has 3 amide bonds. The van der Waals surface area contributed by atoms with Crippen molar-refractivity contribution in [2.45, 2.75) is 26.7 Å². The van der Waals surface area contributed by atoms with Crippen molar-refractivity contribution in [3.63, 3.8) is 0 Å². The summed E-state index contributed by atoms with van der Waals surface area (Å²) in [7, 11) is -0.00773. The van der Waals surface area contributed by atoms with E-state index in [2.05, 4.69) is 24.5 Å². The van der Waals surface area contributed by atoms with E-state index in [-0.39, 0.29) is 32.2 Å². The molecule has 0 bridgehead atoms. The summed E-state index contributed by atoms with van der Waals surface area (Å²) < 4.78 is 0. The van der Waals surface area contributed by atoms with E-state index in [1.54, 1.807) is 0 Å². The molecular formula is C13H24N3O3P. The van der Waals surface area contributed by atoms with Gasteiger partial charge in [0, 0.05) is 32.2 Å². The number of amides is 3. The molecule has 2 N–H and O–H groups in total. The van der Waals surface area contributed by atoms with Gasteiger partial charge in [-0.3, -0.25) is 19.3 Å². The molecule has 0 saturated carbocycles. The molecular weight excluding hydrogens is 277 g/mol. The Labute approximate surface area is 121 Å². The fourth-order valence-corrected chi connectivity index (χ4v) is 3.34. The average Bonchev–Trinajstić information content (AvgIpc) is 2.75. The van der Waals surface area contributed by atoms with Gasteiger partial charge in [0.2, 0.25) is 17.7 Å². The average molecular weight is 301 g/mol. The van der Waals surface area contributed by atoms with Gasteiger partial charge in [-0.1, -0.05) is 21.8 Å². The van der Waals surface area contributed by atoms with Crippen LogP contribution >= 0.6 is 7.92 Å².